The van der Waals surface area contributed by atoms with Gasteiger partial charge in [0.05, 0.1) is 65.2 Å². The molecule has 0 saturated carbocycles. The summed E-state index contributed by atoms with van der Waals surface area (Å²) in [5, 5.41) is 33.8. The largest absolute Gasteiger partial charge is 0.481 e. The lowest BCUT2D eigenvalue weighted by molar-refractivity contribution is -0.928. The summed E-state index contributed by atoms with van der Waals surface area (Å²) in [5.41, 5.74) is -2.74. The minimum absolute atomic E-state index is 1.14. The predicted molar refractivity (Wildman–Crippen MR) is 159 cm³/mol. The fourth-order valence-electron chi connectivity index (χ4n) is 5.85. The third-order valence-corrected chi connectivity index (χ3v) is 6.87. The third-order valence-electron chi connectivity index (χ3n) is 6.87. The van der Waals surface area contributed by atoms with Crippen molar-refractivity contribution < 1.29 is 43.8 Å². The number of aliphatic carboxylic acids is 3. The van der Waals surface area contributed by atoms with Crippen molar-refractivity contribution >= 4 is 17.9 Å². The van der Waals surface area contributed by atoms with Crippen molar-refractivity contribution in [3.05, 3.63) is 0 Å². The Hall–Kier alpha value is -1.71. The molecule has 0 unspecified atom stereocenters. The summed E-state index contributed by atoms with van der Waals surface area (Å²) >= 11 is 0. The van der Waals surface area contributed by atoms with Crippen LogP contribution in [0.25, 0.3) is 0 Å². The van der Waals surface area contributed by atoms with Crippen LogP contribution in [0.5, 0.6) is 0 Å². The van der Waals surface area contributed by atoms with Gasteiger partial charge in [-0.25, -0.2) is 4.79 Å². The van der Waals surface area contributed by atoms with E-state index in [2.05, 4.69) is 55.4 Å². The molecule has 4 N–H and O–H groups in total. The van der Waals surface area contributed by atoms with Gasteiger partial charge in [0, 0.05) is 0 Å². The van der Waals surface area contributed by atoms with Crippen LogP contribution < -0.4 is 0 Å². The highest BCUT2D eigenvalue weighted by Gasteiger charge is 2.40. The molecule has 0 aromatic carbocycles. The van der Waals surface area contributed by atoms with Gasteiger partial charge in [0.2, 0.25) is 0 Å². The Morgan fingerprint density at radius 2 is 0.641 bits per heavy atom. The summed E-state index contributed by atoms with van der Waals surface area (Å²) in [6, 6.07) is 0. The predicted octanol–water partition coefficient (Wildman–Crippen LogP) is 5.64. The molecule has 0 saturated heterocycles. The van der Waals surface area contributed by atoms with E-state index in [1.54, 1.807) is 0 Å². The first-order valence-electron chi connectivity index (χ1n) is 15.4. The molecular formula is C30H64N2O7+2. The van der Waals surface area contributed by atoms with Gasteiger partial charge in [-0.3, -0.25) is 9.59 Å². The molecule has 234 valence electrons. The van der Waals surface area contributed by atoms with Crippen molar-refractivity contribution in [3.63, 3.8) is 0 Å². The van der Waals surface area contributed by atoms with Crippen LogP contribution >= 0.6 is 0 Å². The summed E-state index contributed by atoms with van der Waals surface area (Å²) in [6.45, 7) is 29.6. The third kappa shape index (κ3) is 19.9. The first-order chi connectivity index (χ1) is 18.3. The minimum atomic E-state index is -2.74. The van der Waals surface area contributed by atoms with Crippen molar-refractivity contribution in [3.8, 4) is 0 Å². The zero-order valence-electron chi connectivity index (χ0n) is 26.6. The van der Waals surface area contributed by atoms with E-state index in [-0.39, 0.29) is 0 Å². The number of rotatable bonds is 21. The maximum absolute atomic E-state index is 10.3. The van der Waals surface area contributed by atoms with Gasteiger partial charge in [-0.05, 0) is 51.4 Å². The molecule has 0 atom stereocenters. The maximum atomic E-state index is 10.3. The van der Waals surface area contributed by atoms with E-state index in [0.29, 0.717) is 0 Å². The van der Waals surface area contributed by atoms with Gasteiger partial charge in [0.25, 0.3) is 0 Å². The van der Waals surface area contributed by atoms with E-state index in [4.69, 9.17) is 20.4 Å². The Morgan fingerprint density at radius 1 is 0.462 bits per heavy atom. The molecule has 0 aromatic heterocycles. The second kappa shape index (κ2) is 24.1. The zero-order chi connectivity index (χ0) is 31.0. The Labute approximate surface area is 239 Å². The van der Waals surface area contributed by atoms with Gasteiger partial charge in [-0.1, -0.05) is 55.4 Å². The molecule has 0 spiro atoms. The van der Waals surface area contributed by atoms with Crippen LogP contribution in [0.1, 0.15) is 120 Å². The van der Waals surface area contributed by atoms with Crippen LogP contribution in [0, 0.1) is 0 Å². The van der Waals surface area contributed by atoms with E-state index in [9.17, 15) is 14.4 Å². The van der Waals surface area contributed by atoms with Gasteiger partial charge in [0.1, 0.15) is 0 Å². The van der Waals surface area contributed by atoms with E-state index < -0.39 is 36.4 Å². The second-order valence-corrected chi connectivity index (χ2v) is 10.9. The topological polar surface area (TPSA) is 132 Å². The number of hydrogen-bond acceptors (Lipinski definition) is 4. The van der Waals surface area contributed by atoms with Gasteiger partial charge >= 0.3 is 17.9 Å². The number of nitrogens with zero attached hydrogens (tertiary/aromatic N) is 2. The first kappa shape index (κ1) is 41.8. The van der Waals surface area contributed by atoms with Crippen molar-refractivity contribution in [2.24, 2.45) is 0 Å². The summed E-state index contributed by atoms with van der Waals surface area (Å²) in [7, 11) is 0. The molecule has 0 aliphatic rings. The molecule has 0 heterocycles. The average molecular weight is 565 g/mol. The Morgan fingerprint density at radius 3 is 0.744 bits per heavy atom. The Bertz CT molecular complexity index is 538. The van der Waals surface area contributed by atoms with Crippen molar-refractivity contribution in [1.82, 2.24) is 0 Å². The van der Waals surface area contributed by atoms with Crippen LogP contribution in [-0.4, -0.2) is 105 Å². The van der Waals surface area contributed by atoms with Crippen LogP contribution in [0.3, 0.4) is 0 Å². The molecule has 0 aromatic rings. The molecule has 0 fully saturated rings. The van der Waals surface area contributed by atoms with Gasteiger partial charge in [-0.2, -0.15) is 0 Å². The average Bonchev–Trinajstić information content (AvgIpc) is 2.80. The van der Waals surface area contributed by atoms with Gasteiger partial charge in [-0.15, -0.1) is 0 Å². The molecule has 0 aliphatic carbocycles. The molecule has 0 rings (SSSR count). The highest BCUT2D eigenvalue weighted by Crippen LogP contribution is 2.16. The Kier molecular flexibility index (Phi) is 25.8. The Balaban J connectivity index is -0.000000498. The standard InChI is InChI=1S/2C12H28N.C6H8O7/c2*1-5-9-13(10-6-2,11-7-3)12-8-4;7-3(8)1-6(13,5(11)12)2-4(9)10/h2*5-12H2,1-4H3;13H,1-2H2,(H,7,8)(H,9,10)(H,11,12)/q2*+1;. The number of aliphatic hydroxyl groups is 1. The molecule has 0 amide bonds. The number of carboxylic acids is 3. The van der Waals surface area contributed by atoms with Crippen LogP contribution in [0.15, 0.2) is 0 Å². The highest BCUT2D eigenvalue weighted by atomic mass is 16.4. The monoisotopic (exact) mass is 564 g/mol. The van der Waals surface area contributed by atoms with Gasteiger partial charge < -0.3 is 29.4 Å². The van der Waals surface area contributed by atoms with Crippen molar-refractivity contribution in [2.45, 2.75) is 125 Å². The second-order valence-electron chi connectivity index (χ2n) is 10.9. The zero-order valence-corrected chi connectivity index (χ0v) is 26.6. The number of carbonyl (C=O) groups is 3. The van der Waals surface area contributed by atoms with E-state index in [1.165, 1.54) is 113 Å². The number of quaternary nitrogens is 2. The number of carboxylic acid groups (broad SMARTS) is 3. The lowest BCUT2D eigenvalue weighted by atomic mass is 9.96. The molecular weight excluding hydrogens is 500 g/mol. The molecule has 9 nitrogen and oxygen atoms in total. The van der Waals surface area contributed by atoms with Gasteiger partial charge in [0.15, 0.2) is 5.60 Å². The minimum Gasteiger partial charge on any atom is -0.481 e. The fraction of sp³-hybridized carbons (Fsp3) is 0.900. The quantitative estimate of drug-likeness (QED) is 0.133. The normalized spacial score (nSPS) is 11.6. The van der Waals surface area contributed by atoms with E-state index in [1.807, 2.05) is 0 Å². The summed E-state index contributed by atoms with van der Waals surface area (Å²) in [6.07, 6.45) is 8.38. The van der Waals surface area contributed by atoms with Crippen molar-refractivity contribution in [2.75, 3.05) is 52.4 Å². The van der Waals surface area contributed by atoms with Crippen LogP contribution in [0.2, 0.25) is 0 Å². The van der Waals surface area contributed by atoms with E-state index in [0.717, 1.165) is 0 Å². The molecule has 39 heavy (non-hydrogen) atoms. The molecule has 0 aliphatic heterocycles. The number of hydrogen-bond donors (Lipinski definition) is 4. The first-order valence-corrected chi connectivity index (χ1v) is 15.4. The summed E-state index contributed by atoms with van der Waals surface area (Å²) < 4.78 is 2.75. The molecule has 9 heteroatoms. The van der Waals surface area contributed by atoms with Crippen LogP contribution in [-0.2, 0) is 14.4 Å². The lowest BCUT2D eigenvalue weighted by Gasteiger charge is -2.38. The summed E-state index contributed by atoms with van der Waals surface area (Å²) in [4.78, 5) is 30.5. The molecule has 0 radical (unpaired) electrons. The van der Waals surface area contributed by atoms with E-state index >= 15 is 0 Å². The smallest absolute Gasteiger partial charge is 0.336 e. The fourth-order valence-corrected chi connectivity index (χ4v) is 5.85. The highest BCUT2D eigenvalue weighted by molar-refractivity contribution is 5.88. The SMILES string of the molecule is CCC[N+](CCC)(CCC)CCC.CCC[N+](CCC)(CCC)CCC.O=C(O)CC(O)(CC(=O)O)C(=O)O. The van der Waals surface area contributed by atoms with Crippen molar-refractivity contribution in [1.29, 1.82) is 0 Å². The van der Waals surface area contributed by atoms with Crippen LogP contribution in [0.4, 0.5) is 0 Å². The molecule has 0 bridgehead atoms. The maximum Gasteiger partial charge on any atom is 0.336 e. The summed E-state index contributed by atoms with van der Waals surface area (Å²) in [5.74, 6) is -5.02. The lowest BCUT2D eigenvalue weighted by Crippen LogP contribution is -2.50.